The van der Waals surface area contributed by atoms with Gasteiger partial charge in [0.05, 0.1) is 10.8 Å². The van der Waals surface area contributed by atoms with Gasteiger partial charge < -0.3 is 0 Å². The molecule has 3 nitrogen and oxygen atoms in total. The SMILES string of the molecule is NS(=O)(=O)c1cccc(C#CCCl)c1. The van der Waals surface area contributed by atoms with Crippen LogP contribution in [0.2, 0.25) is 0 Å². The third-order valence-electron chi connectivity index (χ3n) is 1.46. The molecule has 0 amide bonds. The molecule has 0 atom stereocenters. The van der Waals surface area contributed by atoms with Crippen molar-refractivity contribution in [3.8, 4) is 11.8 Å². The van der Waals surface area contributed by atoms with Crippen LogP contribution in [-0.2, 0) is 10.0 Å². The van der Waals surface area contributed by atoms with E-state index < -0.39 is 10.0 Å². The Morgan fingerprint density at radius 3 is 2.71 bits per heavy atom. The molecule has 0 saturated carbocycles. The Morgan fingerprint density at radius 1 is 1.43 bits per heavy atom. The number of alkyl halides is 1. The van der Waals surface area contributed by atoms with Crippen LogP contribution < -0.4 is 5.14 Å². The third kappa shape index (κ3) is 3.04. The Labute approximate surface area is 87.9 Å². The molecule has 0 saturated heterocycles. The molecule has 0 unspecified atom stereocenters. The summed E-state index contributed by atoms with van der Waals surface area (Å²) in [5, 5.41) is 4.95. The number of rotatable bonds is 1. The predicted octanol–water partition coefficient (Wildman–Crippen LogP) is 0.924. The summed E-state index contributed by atoms with van der Waals surface area (Å²) < 4.78 is 21.9. The Kier molecular flexibility index (Phi) is 3.53. The van der Waals surface area contributed by atoms with Crippen LogP contribution in [-0.4, -0.2) is 14.3 Å². The van der Waals surface area contributed by atoms with Crippen LogP contribution in [0.5, 0.6) is 0 Å². The van der Waals surface area contributed by atoms with Crippen LogP contribution >= 0.6 is 11.6 Å². The smallest absolute Gasteiger partial charge is 0.225 e. The summed E-state index contributed by atoms with van der Waals surface area (Å²) in [5.41, 5.74) is 0.581. The maximum atomic E-state index is 11.0. The van der Waals surface area contributed by atoms with Crippen LogP contribution in [0.4, 0.5) is 0 Å². The minimum absolute atomic E-state index is 0.0545. The van der Waals surface area contributed by atoms with Crippen molar-refractivity contribution in [1.29, 1.82) is 0 Å². The first-order valence-electron chi connectivity index (χ1n) is 3.72. The molecular formula is C9H8ClNO2S. The number of nitrogens with two attached hydrogens (primary N) is 1. The summed E-state index contributed by atoms with van der Waals surface area (Å²) in [6, 6.07) is 6.10. The first kappa shape index (κ1) is 11.1. The van der Waals surface area contributed by atoms with Crippen molar-refractivity contribution in [2.24, 2.45) is 5.14 Å². The molecule has 1 rings (SSSR count). The van der Waals surface area contributed by atoms with Gasteiger partial charge in [-0.2, -0.15) is 0 Å². The summed E-state index contributed by atoms with van der Waals surface area (Å²) in [6.07, 6.45) is 0. The standard InChI is InChI=1S/C9H8ClNO2S/c10-6-2-4-8-3-1-5-9(7-8)14(11,12)13/h1,3,5,7H,6H2,(H2,11,12,13). The summed E-state index contributed by atoms with van der Waals surface area (Å²) in [4.78, 5) is 0.0545. The Balaban J connectivity index is 3.14. The van der Waals surface area contributed by atoms with Crippen LogP contribution in [0.25, 0.3) is 0 Å². The van der Waals surface area contributed by atoms with Crippen LogP contribution in [0.15, 0.2) is 29.2 Å². The van der Waals surface area contributed by atoms with E-state index in [1.54, 1.807) is 12.1 Å². The van der Waals surface area contributed by atoms with E-state index in [1.165, 1.54) is 12.1 Å². The molecule has 0 heterocycles. The lowest BCUT2D eigenvalue weighted by Crippen LogP contribution is -2.11. The first-order valence-corrected chi connectivity index (χ1v) is 5.80. The van der Waals surface area contributed by atoms with E-state index in [0.717, 1.165) is 0 Å². The number of hydrogen-bond donors (Lipinski definition) is 1. The minimum Gasteiger partial charge on any atom is -0.225 e. The van der Waals surface area contributed by atoms with E-state index in [1.807, 2.05) is 0 Å². The fraction of sp³-hybridized carbons (Fsp3) is 0.111. The highest BCUT2D eigenvalue weighted by Gasteiger charge is 2.06. The third-order valence-corrected chi connectivity index (χ3v) is 2.51. The molecule has 5 heteroatoms. The van der Waals surface area contributed by atoms with Crippen molar-refractivity contribution in [2.45, 2.75) is 4.90 Å². The minimum atomic E-state index is -3.65. The van der Waals surface area contributed by atoms with Crippen molar-refractivity contribution in [2.75, 3.05) is 5.88 Å². The van der Waals surface area contributed by atoms with Crippen molar-refractivity contribution in [1.82, 2.24) is 0 Å². The normalized spacial score (nSPS) is 10.4. The number of benzene rings is 1. The van der Waals surface area contributed by atoms with Crippen molar-refractivity contribution < 1.29 is 8.42 Å². The van der Waals surface area contributed by atoms with Gasteiger partial charge in [-0.1, -0.05) is 17.9 Å². The van der Waals surface area contributed by atoms with Crippen LogP contribution in [0, 0.1) is 11.8 Å². The van der Waals surface area contributed by atoms with Gasteiger partial charge in [0, 0.05) is 5.56 Å². The highest BCUT2D eigenvalue weighted by Crippen LogP contribution is 2.08. The zero-order valence-corrected chi connectivity index (χ0v) is 8.77. The summed E-state index contributed by atoms with van der Waals surface area (Å²) >= 11 is 5.36. The zero-order valence-electron chi connectivity index (χ0n) is 7.20. The average molecular weight is 230 g/mol. The van der Waals surface area contributed by atoms with E-state index in [0.29, 0.717) is 5.56 Å². The van der Waals surface area contributed by atoms with Gasteiger partial charge in [-0.15, -0.1) is 11.6 Å². The van der Waals surface area contributed by atoms with Gasteiger partial charge in [-0.05, 0) is 18.2 Å². The van der Waals surface area contributed by atoms with Crippen molar-refractivity contribution >= 4 is 21.6 Å². The number of sulfonamides is 1. The maximum Gasteiger partial charge on any atom is 0.238 e. The zero-order chi connectivity index (χ0) is 10.6. The van der Waals surface area contributed by atoms with Crippen LogP contribution in [0.3, 0.4) is 0 Å². The molecule has 2 N–H and O–H groups in total. The van der Waals surface area contributed by atoms with Gasteiger partial charge >= 0.3 is 0 Å². The molecule has 14 heavy (non-hydrogen) atoms. The van der Waals surface area contributed by atoms with Gasteiger partial charge in [-0.25, -0.2) is 13.6 Å². The summed E-state index contributed by atoms with van der Waals surface area (Å²) in [7, 11) is -3.65. The summed E-state index contributed by atoms with van der Waals surface area (Å²) in [6.45, 7) is 0. The molecular weight excluding hydrogens is 222 g/mol. The maximum absolute atomic E-state index is 11.0. The molecule has 1 aromatic carbocycles. The molecule has 0 bridgehead atoms. The van der Waals surface area contributed by atoms with Gasteiger partial charge in [0.1, 0.15) is 0 Å². The van der Waals surface area contributed by atoms with Crippen molar-refractivity contribution in [3.63, 3.8) is 0 Å². The Bertz CT molecular complexity index is 485. The fourth-order valence-corrected chi connectivity index (χ4v) is 1.51. The van der Waals surface area contributed by atoms with Gasteiger partial charge in [0.2, 0.25) is 10.0 Å². The quantitative estimate of drug-likeness (QED) is 0.575. The molecule has 0 aromatic heterocycles. The molecule has 1 aromatic rings. The van der Waals surface area contributed by atoms with E-state index in [4.69, 9.17) is 16.7 Å². The predicted molar refractivity (Wildman–Crippen MR) is 55.4 cm³/mol. The first-order chi connectivity index (χ1) is 6.54. The molecule has 74 valence electrons. The molecule has 0 aliphatic carbocycles. The molecule has 0 fully saturated rings. The molecule has 0 aliphatic heterocycles. The van der Waals surface area contributed by atoms with Gasteiger partial charge in [0.25, 0.3) is 0 Å². The van der Waals surface area contributed by atoms with Crippen LogP contribution in [0.1, 0.15) is 5.56 Å². The number of primary sulfonamides is 1. The van der Waals surface area contributed by atoms with Gasteiger partial charge in [0.15, 0.2) is 0 Å². The lowest BCUT2D eigenvalue weighted by molar-refractivity contribution is 0.598. The second-order valence-corrected chi connectivity index (χ2v) is 4.34. The molecule has 0 spiro atoms. The van der Waals surface area contributed by atoms with Gasteiger partial charge in [-0.3, -0.25) is 0 Å². The summed E-state index contributed by atoms with van der Waals surface area (Å²) in [5.74, 6) is 5.54. The topological polar surface area (TPSA) is 60.2 Å². The number of hydrogen-bond acceptors (Lipinski definition) is 2. The van der Waals surface area contributed by atoms with E-state index in [9.17, 15) is 8.42 Å². The largest absolute Gasteiger partial charge is 0.238 e. The molecule has 0 aliphatic rings. The average Bonchev–Trinajstić information content (AvgIpc) is 2.14. The van der Waals surface area contributed by atoms with E-state index in [-0.39, 0.29) is 10.8 Å². The monoisotopic (exact) mass is 229 g/mol. The Hall–Kier alpha value is -1.02. The fourth-order valence-electron chi connectivity index (χ4n) is 0.886. The molecule has 0 radical (unpaired) electrons. The highest BCUT2D eigenvalue weighted by molar-refractivity contribution is 7.89. The lowest BCUT2D eigenvalue weighted by Gasteiger charge is -1.97. The van der Waals surface area contributed by atoms with Crippen molar-refractivity contribution in [3.05, 3.63) is 29.8 Å². The Morgan fingerprint density at radius 2 is 2.14 bits per heavy atom. The lowest BCUT2D eigenvalue weighted by atomic mass is 10.2. The highest BCUT2D eigenvalue weighted by atomic mass is 35.5. The second-order valence-electron chi connectivity index (χ2n) is 2.51. The van der Waals surface area contributed by atoms with E-state index >= 15 is 0 Å². The van der Waals surface area contributed by atoms with E-state index in [2.05, 4.69) is 11.8 Å². The number of halogens is 1. The second kappa shape index (κ2) is 4.47.